The number of hydrogen-bond acceptors (Lipinski definition) is 7. The zero-order valence-corrected chi connectivity index (χ0v) is 25.2. The number of carbonyl (C=O) groups excluding carboxylic acids is 1. The minimum absolute atomic E-state index is 0.0364. The van der Waals surface area contributed by atoms with Crippen LogP contribution in [0.3, 0.4) is 0 Å². The highest BCUT2D eigenvalue weighted by molar-refractivity contribution is 9.10. The van der Waals surface area contributed by atoms with Crippen molar-refractivity contribution in [3.05, 3.63) is 52.8 Å². The van der Waals surface area contributed by atoms with Crippen LogP contribution in [-0.2, 0) is 26.1 Å². The summed E-state index contributed by atoms with van der Waals surface area (Å²) in [5, 5.41) is 0. The Labute approximate surface area is 243 Å². The van der Waals surface area contributed by atoms with E-state index in [2.05, 4.69) is 26.6 Å². The van der Waals surface area contributed by atoms with Gasteiger partial charge in [-0.05, 0) is 49.6 Å². The average Bonchev–Trinajstić information content (AvgIpc) is 3.54. The van der Waals surface area contributed by atoms with Crippen molar-refractivity contribution in [2.45, 2.75) is 42.7 Å². The lowest BCUT2D eigenvalue weighted by molar-refractivity contribution is -0.136. The number of benzene rings is 2. The Morgan fingerprint density at radius 3 is 2.73 bits per heavy atom. The number of sulfonamides is 1. The lowest BCUT2D eigenvalue weighted by atomic mass is 9.94. The maximum absolute atomic E-state index is 13.8. The maximum Gasteiger partial charge on any atom is 0.246 e. The summed E-state index contributed by atoms with van der Waals surface area (Å²) in [5.41, 5.74) is 8.45. The summed E-state index contributed by atoms with van der Waals surface area (Å²) in [6.07, 6.45) is 2.64. The Balaban J connectivity index is 1.34. The molecule has 2 aromatic carbocycles. The van der Waals surface area contributed by atoms with E-state index in [0.29, 0.717) is 24.2 Å². The molecule has 3 aromatic rings. The molecule has 2 fully saturated rings. The molecule has 0 saturated carbocycles. The summed E-state index contributed by atoms with van der Waals surface area (Å²) in [6.45, 7) is 2.70. The van der Waals surface area contributed by atoms with E-state index in [1.54, 1.807) is 19.2 Å². The Kier molecular flexibility index (Phi) is 8.81. The summed E-state index contributed by atoms with van der Waals surface area (Å²) in [7, 11) is -0.781. The second-order valence-electron chi connectivity index (χ2n) is 10.5. The van der Waals surface area contributed by atoms with E-state index in [-0.39, 0.29) is 35.6 Å². The van der Waals surface area contributed by atoms with Crippen LogP contribution in [0.5, 0.6) is 5.75 Å². The van der Waals surface area contributed by atoms with E-state index in [9.17, 15) is 13.2 Å². The molecule has 2 aliphatic heterocycles. The van der Waals surface area contributed by atoms with Gasteiger partial charge in [0.2, 0.25) is 15.9 Å². The number of methoxy groups -OCH3 is 2. The van der Waals surface area contributed by atoms with E-state index in [0.717, 1.165) is 42.7 Å². The molecule has 0 spiro atoms. The number of hydrogen-bond donors (Lipinski definition) is 1. The third-order valence-electron chi connectivity index (χ3n) is 7.90. The normalized spacial score (nSPS) is 22.2. The number of aromatic nitrogens is 2. The molecule has 3 heterocycles. The largest absolute Gasteiger partial charge is 0.495 e. The van der Waals surface area contributed by atoms with Gasteiger partial charge in [-0.1, -0.05) is 28.1 Å². The molecule has 10 nitrogen and oxygen atoms in total. The third-order valence-corrected chi connectivity index (χ3v) is 10.3. The van der Waals surface area contributed by atoms with E-state index < -0.39 is 22.0 Å². The minimum atomic E-state index is -3.92. The maximum atomic E-state index is 13.8. The van der Waals surface area contributed by atoms with Crippen LogP contribution >= 0.6 is 15.9 Å². The fourth-order valence-corrected chi connectivity index (χ4v) is 8.07. The van der Waals surface area contributed by atoms with Crippen molar-refractivity contribution in [3.8, 4) is 5.75 Å². The second kappa shape index (κ2) is 12.2. The molecule has 0 bridgehead atoms. The van der Waals surface area contributed by atoms with Crippen molar-refractivity contribution in [1.82, 2.24) is 18.8 Å². The van der Waals surface area contributed by atoms with Gasteiger partial charge in [-0.2, -0.15) is 4.31 Å². The van der Waals surface area contributed by atoms with Crippen LogP contribution in [0.4, 0.5) is 0 Å². The number of likely N-dealkylation sites (tertiary alicyclic amines) is 1. The van der Waals surface area contributed by atoms with Crippen LogP contribution < -0.4 is 10.5 Å². The van der Waals surface area contributed by atoms with Crippen molar-refractivity contribution in [1.29, 1.82) is 0 Å². The van der Waals surface area contributed by atoms with Crippen molar-refractivity contribution >= 4 is 42.9 Å². The SMILES string of the molecule is COCCCn1c(C2CCCN(C(=O)[C@@H]3CN(S(=O)(=O)c4cc(Br)ccc4OC)C[C@H]3N)C2)nc2ccccc21. The Morgan fingerprint density at radius 1 is 1.15 bits per heavy atom. The number of fused-ring (bicyclic) bond motifs is 1. The third kappa shape index (κ3) is 5.64. The monoisotopic (exact) mass is 633 g/mol. The number of nitrogens with zero attached hydrogens (tertiary/aromatic N) is 4. The fourth-order valence-electron chi connectivity index (χ4n) is 5.87. The van der Waals surface area contributed by atoms with Crippen molar-refractivity contribution in [2.75, 3.05) is 47.0 Å². The number of para-hydroxylation sites is 2. The number of amides is 1. The van der Waals surface area contributed by atoms with Crippen LogP contribution in [0.1, 0.15) is 31.0 Å². The average molecular weight is 635 g/mol. The zero-order chi connectivity index (χ0) is 28.4. The smallest absolute Gasteiger partial charge is 0.246 e. The fraction of sp³-hybridized carbons (Fsp3) is 0.500. The van der Waals surface area contributed by atoms with Gasteiger partial charge in [0, 0.05) is 62.9 Å². The lowest BCUT2D eigenvalue weighted by Crippen LogP contribution is -2.47. The van der Waals surface area contributed by atoms with Gasteiger partial charge in [0.1, 0.15) is 16.5 Å². The molecule has 2 aliphatic rings. The van der Waals surface area contributed by atoms with Gasteiger partial charge in [0.25, 0.3) is 0 Å². The predicted molar refractivity (Wildman–Crippen MR) is 156 cm³/mol. The first-order valence-electron chi connectivity index (χ1n) is 13.6. The van der Waals surface area contributed by atoms with Gasteiger partial charge in [0.15, 0.2) is 0 Å². The number of piperidine rings is 1. The first kappa shape index (κ1) is 29.0. The number of carbonyl (C=O) groups is 1. The summed E-state index contributed by atoms with van der Waals surface area (Å²) >= 11 is 3.35. The highest BCUT2D eigenvalue weighted by Crippen LogP contribution is 2.34. The number of nitrogens with two attached hydrogens (primary N) is 1. The minimum Gasteiger partial charge on any atom is -0.495 e. The highest BCUT2D eigenvalue weighted by atomic mass is 79.9. The van der Waals surface area contributed by atoms with E-state index >= 15 is 0 Å². The van der Waals surface area contributed by atoms with Crippen LogP contribution in [0.15, 0.2) is 51.8 Å². The number of rotatable bonds is 9. The number of imidazole rings is 1. The quantitative estimate of drug-likeness (QED) is 0.359. The molecule has 0 aliphatic carbocycles. The molecule has 2 saturated heterocycles. The Hall–Kier alpha value is -2.51. The Morgan fingerprint density at radius 2 is 1.95 bits per heavy atom. The first-order chi connectivity index (χ1) is 19.2. The van der Waals surface area contributed by atoms with Gasteiger partial charge in [-0.15, -0.1) is 0 Å². The topological polar surface area (TPSA) is 120 Å². The molecular weight excluding hydrogens is 598 g/mol. The number of aryl methyl sites for hydroxylation is 1. The summed E-state index contributed by atoms with van der Waals surface area (Å²) in [6, 6.07) is 12.3. The molecular formula is C28H36BrN5O5S. The molecule has 1 aromatic heterocycles. The predicted octanol–water partition coefficient (Wildman–Crippen LogP) is 3.20. The van der Waals surface area contributed by atoms with E-state index in [4.69, 9.17) is 20.2 Å². The number of ether oxygens (including phenoxy) is 2. The van der Waals surface area contributed by atoms with E-state index in [1.165, 1.54) is 17.5 Å². The number of halogens is 1. The van der Waals surface area contributed by atoms with Crippen LogP contribution in [0, 0.1) is 5.92 Å². The van der Waals surface area contributed by atoms with E-state index in [1.807, 2.05) is 23.1 Å². The van der Waals surface area contributed by atoms with Gasteiger partial charge in [-0.25, -0.2) is 13.4 Å². The molecule has 3 atom stereocenters. The standard InChI is InChI=1S/C28H36BrN5O5S/c1-38-14-6-13-34-24-9-4-3-8-23(24)31-27(34)19-7-5-12-32(16-19)28(35)21-17-33(18-22(21)30)40(36,37)26-15-20(29)10-11-25(26)39-2/h3-4,8-11,15,19,21-22H,5-7,12-14,16-18,30H2,1-2H3/t19?,21-,22-/m1/s1. The summed E-state index contributed by atoms with van der Waals surface area (Å²) < 4.78 is 41.9. The van der Waals surface area contributed by atoms with Gasteiger partial charge < -0.3 is 24.7 Å². The molecule has 216 valence electrons. The lowest BCUT2D eigenvalue weighted by Gasteiger charge is -2.35. The van der Waals surface area contributed by atoms with Crippen molar-refractivity contribution in [3.63, 3.8) is 0 Å². The molecule has 12 heteroatoms. The molecule has 5 rings (SSSR count). The molecule has 40 heavy (non-hydrogen) atoms. The van der Waals surface area contributed by atoms with Gasteiger partial charge >= 0.3 is 0 Å². The summed E-state index contributed by atoms with van der Waals surface area (Å²) in [4.78, 5) is 20.7. The summed E-state index contributed by atoms with van der Waals surface area (Å²) in [5.74, 6) is 0.594. The van der Waals surface area contributed by atoms with Crippen molar-refractivity contribution in [2.24, 2.45) is 11.7 Å². The molecule has 2 N–H and O–H groups in total. The van der Waals surface area contributed by atoms with Crippen LogP contribution in [0.2, 0.25) is 0 Å². The molecule has 1 amide bonds. The van der Waals surface area contributed by atoms with Crippen LogP contribution in [0.25, 0.3) is 11.0 Å². The molecule has 0 radical (unpaired) electrons. The molecule has 1 unspecified atom stereocenters. The van der Waals surface area contributed by atoms with Crippen molar-refractivity contribution < 1.29 is 22.7 Å². The zero-order valence-electron chi connectivity index (χ0n) is 22.8. The Bertz CT molecular complexity index is 1480. The second-order valence-corrected chi connectivity index (χ2v) is 13.3. The van der Waals surface area contributed by atoms with Crippen LogP contribution in [-0.4, -0.2) is 86.1 Å². The van der Waals surface area contributed by atoms with Gasteiger partial charge in [-0.3, -0.25) is 4.79 Å². The van der Waals surface area contributed by atoms with Gasteiger partial charge in [0.05, 0.1) is 24.1 Å². The first-order valence-corrected chi connectivity index (χ1v) is 15.8. The highest BCUT2D eigenvalue weighted by Gasteiger charge is 2.44.